The molecular weight excluding hydrogens is 194 g/mol. The highest BCUT2D eigenvalue weighted by atomic mass is 31.0. The van der Waals surface area contributed by atoms with Gasteiger partial charge in [0, 0.05) is 0 Å². The van der Waals surface area contributed by atoms with Crippen molar-refractivity contribution < 1.29 is 5.11 Å². The molecule has 2 atom stereocenters. The molecule has 0 rings (SSSR count). The molecule has 12 heavy (non-hydrogen) atoms. The Morgan fingerprint density at radius 1 is 1.08 bits per heavy atom. The maximum absolute atomic E-state index is 9.25. The summed E-state index contributed by atoms with van der Waals surface area (Å²) in [6.45, 7) is 0. The van der Waals surface area contributed by atoms with Crippen molar-refractivity contribution in [3.8, 4) is 0 Å². The molecule has 0 aliphatic heterocycles. The molecule has 0 saturated carbocycles. The molecular formula is C5H12N4OP2. The van der Waals surface area contributed by atoms with Gasteiger partial charge >= 0.3 is 0 Å². The quantitative estimate of drug-likeness (QED) is 0.181. The summed E-state index contributed by atoms with van der Waals surface area (Å²) in [5.74, 6) is -0.373. The topological polar surface area (TPSA) is 122 Å². The lowest BCUT2D eigenvalue weighted by Crippen LogP contribution is -2.15. The first-order chi connectivity index (χ1) is 5.37. The molecule has 2 unspecified atom stereocenters. The average molecular weight is 206 g/mol. The van der Waals surface area contributed by atoms with Gasteiger partial charge in [0.15, 0.2) is 5.76 Å². The van der Waals surface area contributed by atoms with Crippen molar-refractivity contribution in [1.82, 2.24) is 0 Å². The van der Waals surface area contributed by atoms with Gasteiger partial charge in [-0.05, 0) is 0 Å². The Bertz CT molecular complexity index is 267. The summed E-state index contributed by atoms with van der Waals surface area (Å²) in [6.07, 6.45) is 0. The van der Waals surface area contributed by atoms with Crippen molar-refractivity contribution in [1.29, 1.82) is 5.41 Å². The van der Waals surface area contributed by atoms with Gasteiger partial charge in [-0.3, -0.25) is 5.41 Å². The zero-order chi connectivity index (χ0) is 9.89. The minimum absolute atomic E-state index is 0.0373. The van der Waals surface area contributed by atoms with Gasteiger partial charge in [0.05, 0.1) is 16.6 Å². The smallest absolute Gasteiger partial charge is 0.166 e. The van der Waals surface area contributed by atoms with Gasteiger partial charge < -0.3 is 22.3 Å². The monoisotopic (exact) mass is 206 g/mol. The van der Waals surface area contributed by atoms with E-state index in [0.29, 0.717) is 0 Å². The molecule has 68 valence electrons. The maximum atomic E-state index is 9.25. The molecule has 0 spiro atoms. The molecule has 0 radical (unpaired) electrons. The van der Waals surface area contributed by atoms with Gasteiger partial charge in [0.25, 0.3) is 0 Å². The SMILES string of the molecule is N=C(P)C(N)=C(O)/C(N)=C(\N)P. The molecule has 0 fully saturated rings. The van der Waals surface area contributed by atoms with E-state index in [4.69, 9.17) is 22.6 Å². The van der Waals surface area contributed by atoms with E-state index in [9.17, 15) is 5.11 Å². The zero-order valence-corrected chi connectivity index (χ0v) is 8.64. The van der Waals surface area contributed by atoms with E-state index in [2.05, 4.69) is 9.24 Å². The molecule has 7 heteroatoms. The van der Waals surface area contributed by atoms with Crippen molar-refractivity contribution >= 4 is 23.9 Å². The molecule has 0 aromatic heterocycles. The molecule has 0 bridgehead atoms. The number of hydrogen-bond donors (Lipinski definition) is 5. The molecule has 0 heterocycles. The van der Waals surface area contributed by atoms with Crippen LogP contribution in [0.25, 0.3) is 0 Å². The first-order valence-electron chi connectivity index (χ1n) is 2.92. The van der Waals surface area contributed by atoms with Crippen LogP contribution >= 0.6 is 18.5 Å². The van der Waals surface area contributed by atoms with E-state index in [-0.39, 0.29) is 28.0 Å². The molecule has 0 saturated heterocycles. The highest BCUT2D eigenvalue weighted by molar-refractivity contribution is 7.41. The maximum Gasteiger partial charge on any atom is 0.166 e. The van der Waals surface area contributed by atoms with E-state index in [1.165, 1.54) is 0 Å². The Balaban J connectivity index is 5.06. The molecule has 0 aromatic carbocycles. The van der Waals surface area contributed by atoms with Crippen molar-refractivity contribution in [3.05, 3.63) is 22.6 Å². The summed E-state index contributed by atoms with van der Waals surface area (Å²) in [4.78, 5) is 0. The van der Waals surface area contributed by atoms with Crippen LogP contribution in [0, 0.1) is 5.41 Å². The lowest BCUT2D eigenvalue weighted by atomic mass is 10.3. The fourth-order valence-corrected chi connectivity index (χ4v) is 0.683. The molecule has 0 aliphatic carbocycles. The van der Waals surface area contributed by atoms with Gasteiger partial charge in [-0.15, -0.1) is 0 Å². The Morgan fingerprint density at radius 3 is 1.75 bits per heavy atom. The second kappa shape index (κ2) is 4.29. The predicted molar refractivity (Wildman–Crippen MR) is 56.4 cm³/mol. The van der Waals surface area contributed by atoms with Crippen LogP contribution in [0.3, 0.4) is 0 Å². The Kier molecular flexibility index (Phi) is 4.01. The van der Waals surface area contributed by atoms with Gasteiger partial charge in [0.1, 0.15) is 5.70 Å². The number of rotatable bonds is 2. The summed E-state index contributed by atoms with van der Waals surface area (Å²) in [6, 6.07) is 0. The summed E-state index contributed by atoms with van der Waals surface area (Å²) < 4.78 is 0. The largest absolute Gasteiger partial charge is 0.504 e. The summed E-state index contributed by atoms with van der Waals surface area (Å²) in [5.41, 5.74) is 15.9. The molecule has 8 N–H and O–H groups in total. The second-order valence-electron chi connectivity index (χ2n) is 2.04. The second-order valence-corrected chi connectivity index (χ2v) is 3.24. The van der Waals surface area contributed by atoms with Crippen LogP contribution in [0.5, 0.6) is 0 Å². The standard InChI is InChI=1S/C5H12N4OP2/c6-1(4(8)11)3(10)2(7)5(9)12/h8,10H,6-7,9,11-12H2/b3-1?,5-2-,8-4?. The van der Waals surface area contributed by atoms with Gasteiger partial charge in [-0.25, -0.2) is 0 Å². The lowest BCUT2D eigenvalue weighted by Gasteiger charge is -2.05. The lowest BCUT2D eigenvalue weighted by molar-refractivity contribution is 0.417. The number of allylic oxidation sites excluding steroid dienone is 1. The third-order valence-electron chi connectivity index (χ3n) is 1.11. The average Bonchev–Trinajstić information content (AvgIpc) is 2.00. The number of hydrogen-bond acceptors (Lipinski definition) is 5. The number of aliphatic hydroxyl groups is 1. The van der Waals surface area contributed by atoms with Crippen LogP contribution in [0.1, 0.15) is 0 Å². The Hall–Kier alpha value is -0.790. The van der Waals surface area contributed by atoms with E-state index < -0.39 is 0 Å². The van der Waals surface area contributed by atoms with Crippen molar-refractivity contribution in [3.63, 3.8) is 0 Å². The number of aliphatic hydroxyl groups excluding tert-OH is 1. The van der Waals surface area contributed by atoms with E-state index in [1.54, 1.807) is 0 Å². The normalized spacial score (nSPS) is 14.8. The summed E-state index contributed by atoms with van der Waals surface area (Å²) in [5, 5.41) is 16.3. The molecule has 5 nitrogen and oxygen atoms in total. The molecule has 0 aliphatic rings. The van der Waals surface area contributed by atoms with Gasteiger partial charge in [-0.2, -0.15) is 0 Å². The third-order valence-corrected chi connectivity index (χ3v) is 1.73. The van der Waals surface area contributed by atoms with Crippen molar-refractivity contribution in [2.75, 3.05) is 0 Å². The first-order valence-corrected chi connectivity index (χ1v) is 4.07. The fourth-order valence-electron chi connectivity index (χ4n) is 0.409. The minimum Gasteiger partial charge on any atom is -0.504 e. The summed E-state index contributed by atoms with van der Waals surface area (Å²) in [7, 11) is 4.16. The summed E-state index contributed by atoms with van der Waals surface area (Å²) >= 11 is 0. The van der Waals surface area contributed by atoms with Gasteiger partial charge in [0.2, 0.25) is 0 Å². The third kappa shape index (κ3) is 2.68. The highest BCUT2D eigenvalue weighted by Gasteiger charge is 2.07. The Labute approximate surface area is 75.0 Å². The molecule has 0 amide bonds. The number of nitrogens with one attached hydrogen (secondary N) is 1. The Morgan fingerprint density at radius 2 is 1.50 bits per heavy atom. The zero-order valence-electron chi connectivity index (χ0n) is 6.33. The van der Waals surface area contributed by atoms with Crippen LogP contribution in [-0.2, 0) is 0 Å². The van der Waals surface area contributed by atoms with Crippen LogP contribution in [0.2, 0.25) is 0 Å². The molecule has 0 aromatic rings. The first kappa shape index (κ1) is 11.2. The van der Waals surface area contributed by atoms with Crippen LogP contribution < -0.4 is 17.2 Å². The fraction of sp³-hybridized carbons (Fsp3) is 0. The van der Waals surface area contributed by atoms with E-state index in [1.807, 2.05) is 9.24 Å². The minimum atomic E-state index is -0.373. The van der Waals surface area contributed by atoms with Crippen LogP contribution in [-0.4, -0.2) is 10.6 Å². The van der Waals surface area contributed by atoms with Crippen LogP contribution in [0.4, 0.5) is 0 Å². The highest BCUT2D eigenvalue weighted by Crippen LogP contribution is 2.11. The predicted octanol–water partition coefficient (Wildman–Crippen LogP) is -0.471. The van der Waals surface area contributed by atoms with Crippen molar-refractivity contribution in [2.24, 2.45) is 17.2 Å². The van der Waals surface area contributed by atoms with E-state index in [0.717, 1.165) is 0 Å². The van der Waals surface area contributed by atoms with Gasteiger partial charge in [-0.1, -0.05) is 18.5 Å². The number of nitrogens with two attached hydrogens (primary N) is 3. The van der Waals surface area contributed by atoms with E-state index >= 15 is 0 Å². The van der Waals surface area contributed by atoms with Crippen LogP contribution in [0.15, 0.2) is 22.6 Å². The van der Waals surface area contributed by atoms with Crippen molar-refractivity contribution in [2.45, 2.75) is 0 Å².